The molecule has 0 aliphatic rings. The van der Waals surface area contributed by atoms with Crippen molar-refractivity contribution in [3.63, 3.8) is 0 Å². The molecule has 1 heterocycles. The summed E-state index contributed by atoms with van der Waals surface area (Å²) in [5.74, 6) is -0.631. The summed E-state index contributed by atoms with van der Waals surface area (Å²) in [6.45, 7) is -0.302. The Morgan fingerprint density at radius 3 is 2.62 bits per heavy atom. The van der Waals surface area contributed by atoms with Gasteiger partial charge < -0.3 is 9.72 Å². The second-order valence-corrected chi connectivity index (χ2v) is 6.16. The number of carbonyl (C=O) groups excluding carboxylic acids is 1. The molecule has 0 unspecified atom stereocenters. The molecule has 0 aliphatic carbocycles. The van der Waals surface area contributed by atoms with Crippen molar-refractivity contribution in [1.82, 2.24) is 14.3 Å². The van der Waals surface area contributed by atoms with Crippen molar-refractivity contribution in [3.05, 3.63) is 48.4 Å². The van der Waals surface area contributed by atoms with Gasteiger partial charge in [0.15, 0.2) is 5.03 Å². The van der Waals surface area contributed by atoms with Gasteiger partial charge in [0.05, 0.1) is 19.6 Å². The number of hydrogen-bond acceptors (Lipinski definition) is 5. The molecule has 0 saturated carbocycles. The molecule has 2 aromatic rings. The van der Waals surface area contributed by atoms with E-state index in [1.165, 1.54) is 19.6 Å². The van der Waals surface area contributed by atoms with Crippen molar-refractivity contribution in [3.8, 4) is 0 Å². The van der Waals surface area contributed by atoms with Crippen LogP contribution in [0.1, 0.15) is 5.56 Å². The number of aromatic nitrogens is 2. The van der Waals surface area contributed by atoms with Gasteiger partial charge in [-0.05, 0) is 5.56 Å². The SMILES string of the molecule is COC(=O)CN(Cc1ccccc1)S(=O)(=O)c1cnc[nH]1. The van der Waals surface area contributed by atoms with Gasteiger partial charge in [0.2, 0.25) is 0 Å². The third kappa shape index (κ3) is 3.67. The largest absolute Gasteiger partial charge is 0.468 e. The number of sulfonamides is 1. The molecular weight excluding hydrogens is 294 g/mol. The third-order valence-electron chi connectivity index (χ3n) is 2.83. The zero-order valence-corrected chi connectivity index (χ0v) is 12.2. The fraction of sp³-hybridized carbons (Fsp3) is 0.231. The number of carbonyl (C=O) groups is 1. The number of methoxy groups -OCH3 is 1. The van der Waals surface area contributed by atoms with Crippen LogP contribution in [0.4, 0.5) is 0 Å². The Hall–Kier alpha value is -2.19. The van der Waals surface area contributed by atoms with Gasteiger partial charge in [-0.15, -0.1) is 0 Å². The average molecular weight is 309 g/mol. The molecule has 0 radical (unpaired) electrons. The Morgan fingerprint density at radius 2 is 2.05 bits per heavy atom. The topological polar surface area (TPSA) is 92.4 Å². The van der Waals surface area contributed by atoms with E-state index in [9.17, 15) is 13.2 Å². The zero-order valence-electron chi connectivity index (χ0n) is 11.4. The van der Waals surface area contributed by atoms with E-state index in [2.05, 4.69) is 14.7 Å². The number of hydrogen-bond donors (Lipinski definition) is 1. The molecule has 0 amide bonds. The summed E-state index contributed by atoms with van der Waals surface area (Å²) in [6, 6.07) is 9.00. The third-order valence-corrected chi connectivity index (χ3v) is 4.54. The Morgan fingerprint density at radius 1 is 1.33 bits per heavy atom. The smallest absolute Gasteiger partial charge is 0.321 e. The highest BCUT2D eigenvalue weighted by Gasteiger charge is 2.28. The summed E-state index contributed by atoms with van der Waals surface area (Å²) in [4.78, 5) is 17.7. The maximum Gasteiger partial charge on any atom is 0.321 e. The number of aromatic amines is 1. The van der Waals surface area contributed by atoms with Crippen LogP contribution in [0.3, 0.4) is 0 Å². The summed E-state index contributed by atoms with van der Waals surface area (Å²) in [5.41, 5.74) is 0.768. The molecule has 0 saturated heterocycles. The average Bonchev–Trinajstić information content (AvgIpc) is 3.02. The first-order chi connectivity index (χ1) is 10.0. The Balaban J connectivity index is 2.30. The molecule has 21 heavy (non-hydrogen) atoms. The number of esters is 1. The maximum absolute atomic E-state index is 12.5. The van der Waals surface area contributed by atoms with Gasteiger partial charge in [-0.2, -0.15) is 4.31 Å². The number of nitrogens with zero attached hydrogens (tertiary/aromatic N) is 2. The summed E-state index contributed by atoms with van der Waals surface area (Å²) >= 11 is 0. The fourth-order valence-corrected chi connectivity index (χ4v) is 3.01. The van der Waals surface area contributed by atoms with E-state index in [1.807, 2.05) is 6.07 Å². The van der Waals surface area contributed by atoms with Gasteiger partial charge in [-0.1, -0.05) is 30.3 Å². The van der Waals surface area contributed by atoms with Crippen molar-refractivity contribution in [2.45, 2.75) is 11.6 Å². The van der Waals surface area contributed by atoms with E-state index in [4.69, 9.17) is 0 Å². The fourth-order valence-electron chi connectivity index (χ4n) is 1.74. The van der Waals surface area contributed by atoms with Gasteiger partial charge in [0, 0.05) is 6.54 Å². The first-order valence-corrected chi connectivity index (χ1v) is 7.57. The van der Waals surface area contributed by atoms with E-state index < -0.39 is 16.0 Å². The first kappa shape index (κ1) is 15.2. The lowest BCUT2D eigenvalue weighted by Crippen LogP contribution is -2.36. The number of H-pyrrole nitrogens is 1. The van der Waals surface area contributed by atoms with E-state index >= 15 is 0 Å². The minimum Gasteiger partial charge on any atom is -0.468 e. The Bertz CT molecular complexity index is 683. The Kier molecular flexibility index (Phi) is 4.71. The van der Waals surface area contributed by atoms with E-state index in [0.29, 0.717) is 0 Å². The van der Waals surface area contributed by atoms with Crippen molar-refractivity contribution >= 4 is 16.0 Å². The van der Waals surface area contributed by atoms with Crippen molar-refractivity contribution in [2.75, 3.05) is 13.7 Å². The second-order valence-electron chi connectivity index (χ2n) is 4.25. The predicted octanol–water partition coefficient (Wildman–Crippen LogP) is 0.774. The first-order valence-electron chi connectivity index (χ1n) is 6.13. The molecule has 8 heteroatoms. The molecule has 1 aromatic carbocycles. The molecule has 0 spiro atoms. The predicted molar refractivity (Wildman–Crippen MR) is 74.6 cm³/mol. The molecule has 0 bridgehead atoms. The molecular formula is C13H15N3O4S. The lowest BCUT2D eigenvalue weighted by Gasteiger charge is -2.20. The minimum atomic E-state index is -3.85. The highest BCUT2D eigenvalue weighted by atomic mass is 32.2. The molecule has 2 rings (SSSR count). The number of rotatable bonds is 6. The second kappa shape index (κ2) is 6.51. The van der Waals surface area contributed by atoms with Gasteiger partial charge in [0.25, 0.3) is 10.0 Å². The number of ether oxygens (including phenoxy) is 1. The van der Waals surface area contributed by atoms with Crippen LogP contribution in [0.2, 0.25) is 0 Å². The zero-order chi connectivity index (χ0) is 15.3. The van der Waals surface area contributed by atoms with Gasteiger partial charge in [-0.25, -0.2) is 13.4 Å². The van der Waals surface area contributed by atoms with E-state index in [0.717, 1.165) is 9.87 Å². The normalized spacial score (nSPS) is 11.5. The Labute approximate surface area is 122 Å². The van der Waals surface area contributed by atoms with Gasteiger partial charge in [0.1, 0.15) is 6.54 Å². The number of imidazole rings is 1. The van der Waals surface area contributed by atoms with Crippen LogP contribution >= 0.6 is 0 Å². The molecule has 0 aliphatic heterocycles. The number of benzene rings is 1. The van der Waals surface area contributed by atoms with Crippen molar-refractivity contribution < 1.29 is 17.9 Å². The maximum atomic E-state index is 12.5. The van der Waals surface area contributed by atoms with Crippen LogP contribution in [0.15, 0.2) is 47.9 Å². The van der Waals surface area contributed by atoms with Crippen LogP contribution in [0, 0.1) is 0 Å². The van der Waals surface area contributed by atoms with Crippen LogP contribution in [0.25, 0.3) is 0 Å². The summed E-state index contributed by atoms with van der Waals surface area (Å²) < 4.78 is 30.6. The molecule has 0 fully saturated rings. The quantitative estimate of drug-likeness (QED) is 0.796. The van der Waals surface area contributed by atoms with Crippen molar-refractivity contribution in [2.24, 2.45) is 0 Å². The summed E-state index contributed by atoms with van der Waals surface area (Å²) in [5, 5.41) is -0.0673. The monoisotopic (exact) mass is 309 g/mol. The molecule has 1 aromatic heterocycles. The molecule has 1 N–H and O–H groups in total. The van der Waals surface area contributed by atoms with Crippen LogP contribution < -0.4 is 0 Å². The molecule has 112 valence electrons. The van der Waals surface area contributed by atoms with E-state index in [-0.39, 0.29) is 18.1 Å². The highest BCUT2D eigenvalue weighted by molar-refractivity contribution is 7.89. The highest BCUT2D eigenvalue weighted by Crippen LogP contribution is 2.16. The minimum absolute atomic E-state index is 0.0668. The van der Waals surface area contributed by atoms with Crippen molar-refractivity contribution in [1.29, 1.82) is 0 Å². The van der Waals surface area contributed by atoms with E-state index in [1.54, 1.807) is 24.3 Å². The van der Waals surface area contributed by atoms with Crippen LogP contribution in [-0.4, -0.2) is 42.3 Å². The van der Waals surface area contributed by atoms with Crippen LogP contribution in [0.5, 0.6) is 0 Å². The van der Waals surface area contributed by atoms with Gasteiger partial charge in [-0.3, -0.25) is 4.79 Å². The lowest BCUT2D eigenvalue weighted by atomic mass is 10.2. The summed E-state index contributed by atoms with van der Waals surface area (Å²) in [6.07, 6.45) is 2.47. The standard InChI is InChI=1S/C13H15N3O4S/c1-20-13(17)9-16(8-11-5-3-2-4-6-11)21(18,19)12-7-14-10-15-12/h2-7,10H,8-9H2,1H3,(H,14,15). The van der Waals surface area contributed by atoms with Crippen LogP contribution in [-0.2, 0) is 26.1 Å². The number of nitrogens with one attached hydrogen (secondary N) is 1. The lowest BCUT2D eigenvalue weighted by molar-refractivity contribution is -0.140. The summed E-state index contributed by atoms with van der Waals surface area (Å²) in [7, 11) is -2.63. The van der Waals surface area contributed by atoms with Gasteiger partial charge >= 0.3 is 5.97 Å². The molecule has 0 atom stereocenters. The molecule has 7 nitrogen and oxygen atoms in total.